The summed E-state index contributed by atoms with van der Waals surface area (Å²) in [7, 11) is 0. The molecule has 0 saturated carbocycles. The van der Waals surface area contributed by atoms with Crippen LogP contribution in [0.1, 0.15) is 27.2 Å². The standard InChI is InChI=1S/C9H19N3O4/c1-4-12(5-2,6-3)8-7-9(10(13)14)11(15)16/h4-8H2,1-3H3. The lowest BCUT2D eigenvalue weighted by atomic mass is 10.2. The van der Waals surface area contributed by atoms with Gasteiger partial charge in [0.1, 0.15) is 0 Å². The van der Waals surface area contributed by atoms with Gasteiger partial charge in [-0.1, -0.05) is 0 Å². The Labute approximate surface area is 94.9 Å². The Hall–Kier alpha value is -1.37. The lowest BCUT2D eigenvalue weighted by Gasteiger charge is -2.36. The Bertz CT molecular complexity index is 231. The molecule has 0 N–H and O–H groups in total. The molecule has 0 aliphatic heterocycles. The van der Waals surface area contributed by atoms with E-state index in [-0.39, 0.29) is 6.42 Å². The smallest absolute Gasteiger partial charge is 0.269 e. The van der Waals surface area contributed by atoms with Crippen LogP contribution in [0.5, 0.6) is 0 Å². The number of rotatable bonds is 8. The highest BCUT2D eigenvalue weighted by Crippen LogP contribution is 2.14. The Kier molecular flexibility index (Phi) is 5.73. The van der Waals surface area contributed by atoms with Gasteiger partial charge in [-0.3, -0.25) is 20.2 Å². The molecule has 0 aromatic carbocycles. The fraction of sp³-hybridized carbons (Fsp3) is 0.889. The van der Waals surface area contributed by atoms with E-state index >= 15 is 0 Å². The average molecular weight is 233 g/mol. The Morgan fingerprint density at radius 2 is 1.38 bits per heavy atom. The van der Waals surface area contributed by atoms with Crippen molar-refractivity contribution in [1.29, 1.82) is 0 Å². The largest absolute Gasteiger partial charge is 0.326 e. The van der Waals surface area contributed by atoms with Crippen molar-refractivity contribution in [1.82, 2.24) is 0 Å². The molecule has 0 amide bonds. The van der Waals surface area contributed by atoms with E-state index in [0.29, 0.717) is 11.0 Å². The van der Waals surface area contributed by atoms with Gasteiger partial charge in [-0.25, -0.2) is 0 Å². The lowest BCUT2D eigenvalue weighted by Crippen LogP contribution is -2.49. The first kappa shape index (κ1) is 14.6. The van der Waals surface area contributed by atoms with Gasteiger partial charge in [0.25, 0.3) is 6.17 Å². The van der Waals surface area contributed by atoms with Crippen molar-refractivity contribution in [3.63, 3.8) is 0 Å². The molecule has 0 aromatic heterocycles. The van der Waals surface area contributed by atoms with Crippen molar-refractivity contribution in [3.05, 3.63) is 26.4 Å². The van der Waals surface area contributed by atoms with Crippen molar-refractivity contribution in [2.24, 2.45) is 0 Å². The molecule has 0 saturated heterocycles. The minimum absolute atomic E-state index is 0.0878. The van der Waals surface area contributed by atoms with E-state index < -0.39 is 16.0 Å². The second-order valence-corrected chi connectivity index (χ2v) is 3.69. The summed E-state index contributed by atoms with van der Waals surface area (Å²) in [5.41, 5.74) is 0. The third kappa shape index (κ3) is 3.65. The van der Waals surface area contributed by atoms with E-state index in [4.69, 9.17) is 0 Å². The quantitative estimate of drug-likeness (QED) is 0.273. The zero-order valence-corrected chi connectivity index (χ0v) is 10.0. The molecule has 0 aliphatic rings. The summed E-state index contributed by atoms with van der Waals surface area (Å²) in [4.78, 5) is 19.1. The molecule has 0 aliphatic carbocycles. The summed E-state index contributed by atoms with van der Waals surface area (Å²) < 4.78 is 0.672. The summed E-state index contributed by atoms with van der Waals surface area (Å²) in [6, 6.07) is 0. The van der Waals surface area contributed by atoms with Gasteiger partial charge in [0.2, 0.25) is 0 Å². The van der Waals surface area contributed by atoms with Crippen molar-refractivity contribution < 1.29 is 14.3 Å². The van der Waals surface area contributed by atoms with Gasteiger partial charge < -0.3 is 4.48 Å². The van der Waals surface area contributed by atoms with Crippen LogP contribution >= 0.6 is 0 Å². The van der Waals surface area contributed by atoms with Gasteiger partial charge in [0.05, 0.1) is 26.2 Å². The average Bonchev–Trinajstić information content (AvgIpc) is 2.24. The first-order chi connectivity index (χ1) is 7.42. The van der Waals surface area contributed by atoms with Crippen molar-refractivity contribution in [2.75, 3.05) is 26.2 Å². The SMILES string of the molecule is CC[N+](CC)(CC)CC[C-]([N+](=O)[O-])[N+](=O)[O-]. The predicted molar refractivity (Wildman–Crippen MR) is 58.6 cm³/mol. The van der Waals surface area contributed by atoms with Crippen LogP contribution < -0.4 is 0 Å². The first-order valence-corrected chi connectivity index (χ1v) is 5.42. The highest BCUT2D eigenvalue weighted by atomic mass is 16.7. The maximum Gasteiger partial charge on any atom is 0.269 e. The third-order valence-electron chi connectivity index (χ3n) is 3.24. The van der Waals surface area contributed by atoms with Crippen LogP contribution in [-0.2, 0) is 0 Å². The minimum Gasteiger partial charge on any atom is -0.326 e. The summed E-state index contributed by atoms with van der Waals surface area (Å²) in [5, 5.41) is 20.9. The topological polar surface area (TPSA) is 86.3 Å². The molecule has 0 aromatic rings. The normalized spacial score (nSPS) is 11.2. The third-order valence-corrected chi connectivity index (χ3v) is 3.24. The highest BCUT2D eigenvalue weighted by Gasteiger charge is 2.26. The molecule has 7 nitrogen and oxygen atoms in total. The van der Waals surface area contributed by atoms with E-state index in [1.165, 1.54) is 0 Å². The molecule has 0 spiro atoms. The molecule has 16 heavy (non-hydrogen) atoms. The number of quaternary nitrogens is 1. The van der Waals surface area contributed by atoms with Gasteiger partial charge >= 0.3 is 0 Å². The maximum atomic E-state index is 10.4. The zero-order chi connectivity index (χ0) is 12.8. The molecule has 0 rings (SSSR count). The van der Waals surface area contributed by atoms with Crippen LogP contribution in [0.25, 0.3) is 0 Å². The van der Waals surface area contributed by atoms with Gasteiger partial charge in [-0.05, 0) is 30.6 Å². The van der Waals surface area contributed by atoms with E-state index in [1.807, 2.05) is 20.8 Å². The fourth-order valence-electron chi connectivity index (χ4n) is 1.73. The van der Waals surface area contributed by atoms with E-state index in [1.54, 1.807) is 0 Å². The van der Waals surface area contributed by atoms with Gasteiger partial charge in [0, 0.05) is 6.42 Å². The zero-order valence-electron chi connectivity index (χ0n) is 10.0. The summed E-state index contributed by atoms with van der Waals surface area (Å²) >= 11 is 0. The van der Waals surface area contributed by atoms with Crippen molar-refractivity contribution >= 4 is 0 Å². The molecule has 0 bridgehead atoms. The molecule has 0 unspecified atom stereocenters. The second-order valence-electron chi connectivity index (χ2n) is 3.69. The Balaban J connectivity index is 4.49. The Morgan fingerprint density at radius 1 is 1.00 bits per heavy atom. The number of nitrogens with zero attached hydrogens (tertiary/aromatic N) is 3. The molecule has 0 radical (unpaired) electrons. The molecule has 0 atom stereocenters. The number of nitro groups is 2. The minimum atomic E-state index is -0.893. The molecular formula is C9H19N3O4. The van der Waals surface area contributed by atoms with Crippen LogP contribution in [0, 0.1) is 26.4 Å². The predicted octanol–water partition coefficient (Wildman–Crippen LogP) is 1.30. The molecule has 0 fully saturated rings. The fourth-order valence-corrected chi connectivity index (χ4v) is 1.73. The number of hydrogen-bond donors (Lipinski definition) is 0. The van der Waals surface area contributed by atoms with Gasteiger partial charge in [0.15, 0.2) is 0 Å². The summed E-state index contributed by atoms with van der Waals surface area (Å²) in [5.74, 6) is 0. The Morgan fingerprint density at radius 3 is 1.62 bits per heavy atom. The van der Waals surface area contributed by atoms with Crippen LogP contribution in [-0.4, -0.2) is 40.5 Å². The number of hydrogen-bond acceptors (Lipinski definition) is 4. The van der Waals surface area contributed by atoms with Crippen LogP contribution in [0.2, 0.25) is 0 Å². The first-order valence-electron chi connectivity index (χ1n) is 5.42. The summed E-state index contributed by atoms with van der Waals surface area (Å²) in [6.45, 7) is 8.91. The van der Waals surface area contributed by atoms with Crippen molar-refractivity contribution in [2.45, 2.75) is 27.2 Å². The van der Waals surface area contributed by atoms with E-state index in [9.17, 15) is 20.2 Å². The second kappa shape index (κ2) is 6.26. The molecule has 0 heterocycles. The van der Waals surface area contributed by atoms with E-state index in [2.05, 4.69) is 0 Å². The highest BCUT2D eigenvalue weighted by molar-refractivity contribution is 4.61. The monoisotopic (exact) mass is 233 g/mol. The van der Waals surface area contributed by atoms with Gasteiger partial charge in [-0.2, -0.15) is 0 Å². The molecule has 94 valence electrons. The summed E-state index contributed by atoms with van der Waals surface area (Å²) in [6.07, 6.45) is -0.895. The van der Waals surface area contributed by atoms with Crippen LogP contribution in [0.4, 0.5) is 0 Å². The van der Waals surface area contributed by atoms with Crippen LogP contribution in [0.15, 0.2) is 0 Å². The lowest BCUT2D eigenvalue weighted by molar-refractivity contribution is -0.925. The maximum absolute atomic E-state index is 10.4. The van der Waals surface area contributed by atoms with Crippen molar-refractivity contribution in [3.8, 4) is 0 Å². The molecular weight excluding hydrogens is 214 g/mol. The van der Waals surface area contributed by atoms with Crippen LogP contribution in [0.3, 0.4) is 0 Å². The van der Waals surface area contributed by atoms with Gasteiger partial charge in [-0.15, -0.1) is 0 Å². The molecule has 7 heteroatoms. The van der Waals surface area contributed by atoms with E-state index in [0.717, 1.165) is 19.6 Å².